The summed E-state index contributed by atoms with van der Waals surface area (Å²) in [6.07, 6.45) is 4.13. The van der Waals surface area contributed by atoms with Crippen LogP contribution in [0.15, 0.2) is 24.5 Å². The molecule has 3 aromatic rings. The fourth-order valence-corrected chi connectivity index (χ4v) is 3.60. The second-order valence-electron chi connectivity index (χ2n) is 7.67. The molecule has 0 radical (unpaired) electrons. The minimum absolute atomic E-state index is 0. The number of methoxy groups -OCH3 is 1. The molecular weight excluding hydrogens is 688 g/mol. The maximum atomic E-state index is 12.6. The van der Waals surface area contributed by atoms with Gasteiger partial charge in [0.1, 0.15) is 10.9 Å². The Bertz CT molecular complexity index is 1080. The fourth-order valence-electron chi connectivity index (χ4n) is 3.05. The van der Waals surface area contributed by atoms with Crippen molar-refractivity contribution in [2.45, 2.75) is 32.8 Å². The fraction of sp³-hybridized carbons (Fsp3) is 0.364. The minimum atomic E-state index is -0.363. The average Bonchev–Trinajstić information content (AvgIpc) is 3.37. The Morgan fingerprint density at radius 3 is 2.64 bits per heavy atom. The van der Waals surface area contributed by atoms with Crippen LogP contribution >= 0.6 is 22.9 Å². The molecule has 4 rings (SSSR count). The van der Waals surface area contributed by atoms with Crippen LogP contribution in [-0.4, -0.2) is 45.4 Å². The number of carbonyl (C=O) groups excluding carboxylic acids is 1. The summed E-state index contributed by atoms with van der Waals surface area (Å²) >= 11 is 7.11. The molecule has 0 aromatic carbocycles. The van der Waals surface area contributed by atoms with Crippen LogP contribution < -0.4 is 10.1 Å². The molecule has 1 unspecified atom stereocenters. The van der Waals surface area contributed by atoms with Gasteiger partial charge >= 0.3 is 31.1 Å². The molecule has 0 aliphatic carbocycles. The van der Waals surface area contributed by atoms with E-state index in [1.54, 1.807) is 12.1 Å². The molecule has 4 heterocycles. The third kappa shape index (κ3) is 7.21. The second kappa shape index (κ2) is 12.2. The maximum absolute atomic E-state index is 12.6. The number of ether oxygens (including phenoxy) is 2. The van der Waals surface area contributed by atoms with Crippen molar-refractivity contribution in [2.75, 3.05) is 19.0 Å². The van der Waals surface area contributed by atoms with Crippen molar-refractivity contribution in [1.29, 1.82) is 0 Å². The van der Waals surface area contributed by atoms with E-state index < -0.39 is 0 Å². The van der Waals surface area contributed by atoms with Crippen LogP contribution in [0.25, 0.3) is 11.1 Å². The van der Waals surface area contributed by atoms with Gasteiger partial charge in [0, 0.05) is 35.2 Å². The molecule has 1 amide bonds. The summed E-state index contributed by atoms with van der Waals surface area (Å²) in [6, 6.07) is 3.43. The number of amides is 1. The van der Waals surface area contributed by atoms with Crippen LogP contribution in [0.3, 0.4) is 0 Å². The molecule has 11 heteroatoms. The molecule has 0 spiro atoms. The third-order valence-electron chi connectivity index (χ3n) is 5.10. The Balaban J connectivity index is 0.000000364. The van der Waals surface area contributed by atoms with Crippen molar-refractivity contribution in [3.63, 3.8) is 0 Å². The number of halogens is 1. The molecule has 0 saturated carbocycles. The van der Waals surface area contributed by atoms with Crippen molar-refractivity contribution < 1.29 is 45.4 Å². The van der Waals surface area contributed by atoms with Crippen molar-refractivity contribution in [2.24, 2.45) is 5.92 Å². The maximum Gasteiger partial charge on any atom is 2.00 e. The predicted molar refractivity (Wildman–Crippen MR) is 124 cm³/mol. The molecule has 1 aliphatic heterocycles. The Morgan fingerprint density at radius 1 is 1.33 bits per heavy atom. The number of aromatic nitrogens is 4. The first-order chi connectivity index (χ1) is 15.2. The third-order valence-corrected chi connectivity index (χ3v) is 5.85. The Morgan fingerprint density at radius 2 is 2.09 bits per heavy atom. The number of anilines is 1. The molecule has 3 aromatic heterocycles. The molecule has 1 aliphatic rings. The van der Waals surface area contributed by atoms with Gasteiger partial charge in [-0.15, -0.1) is 5.92 Å². The summed E-state index contributed by atoms with van der Waals surface area (Å²) in [4.78, 5) is 20.8. The number of hydrogen-bond donors (Lipinski definition) is 1. The van der Waals surface area contributed by atoms with Gasteiger partial charge in [-0.25, -0.2) is 10.1 Å². The van der Waals surface area contributed by atoms with E-state index in [4.69, 9.17) is 21.1 Å². The Hall–Kier alpha value is -1.57. The summed E-state index contributed by atoms with van der Waals surface area (Å²) in [7, 11) is 1.53. The SMILES string of the molecule is COc1cnc(Cl)cc1-c1cc(C)ncc1C(=O)Nc1nn[c-]s1.[CH2-]C1CCOC1(C)C.[U+2]. The van der Waals surface area contributed by atoms with Gasteiger partial charge in [0.25, 0.3) is 0 Å². The number of carbonyl (C=O) groups is 1. The van der Waals surface area contributed by atoms with E-state index in [1.165, 1.54) is 19.5 Å². The smallest absolute Gasteiger partial charge is 0.494 e. The van der Waals surface area contributed by atoms with Gasteiger partial charge in [0.15, 0.2) is 0 Å². The first-order valence-corrected chi connectivity index (χ1v) is 11.0. The van der Waals surface area contributed by atoms with Gasteiger partial charge in [-0.05, 0) is 32.9 Å². The van der Waals surface area contributed by atoms with Crippen molar-refractivity contribution in [1.82, 2.24) is 20.2 Å². The monoisotopic (exact) mass is 711 g/mol. The number of nitrogens with zero attached hydrogens (tertiary/aromatic N) is 4. The molecular formula is C22H24ClN5O3SU. The van der Waals surface area contributed by atoms with E-state index in [1.807, 2.05) is 6.92 Å². The first kappa shape index (κ1) is 27.7. The molecule has 1 N–H and O–H groups in total. The Kier molecular flexibility index (Phi) is 10.3. The summed E-state index contributed by atoms with van der Waals surface area (Å²) < 4.78 is 10.7. The van der Waals surface area contributed by atoms with E-state index in [0.29, 0.717) is 38.6 Å². The van der Waals surface area contributed by atoms with Crippen molar-refractivity contribution in [3.8, 4) is 16.9 Å². The second-order valence-corrected chi connectivity index (χ2v) is 8.83. The van der Waals surface area contributed by atoms with Crippen LogP contribution in [0, 0.1) is 56.4 Å². The van der Waals surface area contributed by atoms with Crippen LogP contribution in [-0.2, 0) is 4.74 Å². The van der Waals surface area contributed by atoms with Crippen molar-refractivity contribution in [3.05, 3.63) is 53.4 Å². The van der Waals surface area contributed by atoms with Gasteiger partial charge in [0.2, 0.25) is 5.91 Å². The van der Waals surface area contributed by atoms with Crippen LogP contribution in [0.1, 0.15) is 36.3 Å². The number of pyridine rings is 2. The summed E-state index contributed by atoms with van der Waals surface area (Å²) in [5.41, 5.74) is 5.01. The van der Waals surface area contributed by atoms with E-state index >= 15 is 0 Å². The van der Waals surface area contributed by atoms with Crippen LogP contribution in [0.2, 0.25) is 5.15 Å². The van der Waals surface area contributed by atoms with Crippen molar-refractivity contribution >= 4 is 34.0 Å². The topological polar surface area (TPSA) is 99.1 Å². The largest absolute Gasteiger partial charge is 2.00 e. The van der Waals surface area contributed by atoms with E-state index in [2.05, 4.69) is 51.8 Å². The molecule has 8 nitrogen and oxygen atoms in total. The zero-order chi connectivity index (χ0) is 23.3. The molecule has 1 atom stereocenters. The predicted octanol–water partition coefficient (Wildman–Crippen LogP) is 4.65. The number of aryl methyl sites for hydroxylation is 1. The molecule has 1 fully saturated rings. The Labute approximate surface area is 226 Å². The van der Waals surface area contributed by atoms with Gasteiger partial charge in [0.05, 0.1) is 24.0 Å². The van der Waals surface area contributed by atoms with Gasteiger partial charge in [-0.1, -0.05) is 23.5 Å². The quantitative estimate of drug-likeness (QED) is 0.311. The van der Waals surface area contributed by atoms with Gasteiger partial charge < -0.3 is 21.7 Å². The number of rotatable bonds is 4. The van der Waals surface area contributed by atoms with E-state index in [9.17, 15) is 4.79 Å². The average molecular weight is 712 g/mol. The van der Waals surface area contributed by atoms with Gasteiger partial charge in [-0.3, -0.25) is 26.2 Å². The van der Waals surface area contributed by atoms with Gasteiger partial charge in [-0.2, -0.15) is 0 Å². The van der Waals surface area contributed by atoms with Crippen LogP contribution in [0.5, 0.6) is 5.75 Å². The zero-order valence-corrected chi connectivity index (χ0v) is 24.5. The summed E-state index contributed by atoms with van der Waals surface area (Å²) in [5, 5.41) is 10.6. The van der Waals surface area contributed by atoms with E-state index in [0.717, 1.165) is 30.1 Å². The minimum Gasteiger partial charge on any atom is -0.494 e. The van der Waals surface area contributed by atoms with Crippen LogP contribution in [0.4, 0.5) is 5.13 Å². The summed E-state index contributed by atoms with van der Waals surface area (Å²) in [5.74, 6) is 0.628. The number of hydrogen-bond acceptors (Lipinski definition) is 8. The number of nitrogens with one attached hydrogen (secondary N) is 1. The normalized spacial score (nSPS) is 16.2. The van der Waals surface area contributed by atoms with E-state index in [-0.39, 0.29) is 42.6 Å². The standard InChI is InChI=1S/C15H11ClN5O2S.C7H13O.U/c1-8-3-9(10-4-13(16)18-6-12(10)23-2)11(5-17-8)14(22)20-15-21-19-7-24-15;1-6-4-5-8-7(6,2)3;/h3-6H,1-2H3,(H,20,21,22);6H,1,4-5H2,2-3H3;/q2*-1;+2. The molecule has 0 bridgehead atoms. The summed E-state index contributed by atoms with van der Waals surface area (Å²) in [6.45, 7) is 10.9. The molecule has 33 heavy (non-hydrogen) atoms. The molecule has 1 saturated heterocycles. The molecule has 172 valence electrons. The first-order valence-electron chi connectivity index (χ1n) is 9.85. The zero-order valence-electron chi connectivity index (χ0n) is 18.8.